The summed E-state index contributed by atoms with van der Waals surface area (Å²) < 4.78 is 2.99. The fourth-order valence-corrected chi connectivity index (χ4v) is 3.91. The average Bonchev–Trinajstić information content (AvgIpc) is 3.20. The number of aromatic nitrogens is 2. The molecule has 1 unspecified atom stereocenters. The van der Waals surface area contributed by atoms with Crippen molar-refractivity contribution in [2.45, 2.75) is 25.3 Å². The molecule has 0 saturated carbocycles. The van der Waals surface area contributed by atoms with Crippen LogP contribution in [-0.4, -0.2) is 40.3 Å². The molecule has 0 aliphatic carbocycles. The Hall–Kier alpha value is -2.90. The first-order valence-corrected chi connectivity index (χ1v) is 8.74. The molecule has 2 aliphatic rings. The van der Waals surface area contributed by atoms with E-state index in [1.807, 2.05) is 18.2 Å². The first-order valence-electron chi connectivity index (χ1n) is 8.74. The largest absolute Gasteiger partial charge is 0.371 e. The monoisotopic (exact) mass is 356 g/mol. The predicted molar refractivity (Wildman–Crippen MR) is 95.0 cm³/mol. The van der Waals surface area contributed by atoms with Gasteiger partial charge in [-0.3, -0.25) is 24.0 Å². The van der Waals surface area contributed by atoms with E-state index >= 15 is 0 Å². The Morgan fingerprint density at radius 1 is 1.15 bits per heavy atom. The van der Waals surface area contributed by atoms with Crippen molar-refractivity contribution in [2.24, 2.45) is 13.0 Å². The zero-order valence-corrected chi connectivity index (χ0v) is 14.5. The van der Waals surface area contributed by atoms with E-state index in [0.29, 0.717) is 18.5 Å². The Kier molecular flexibility index (Phi) is 3.90. The summed E-state index contributed by atoms with van der Waals surface area (Å²) in [6, 6.07) is 4.99. The van der Waals surface area contributed by atoms with E-state index in [4.69, 9.17) is 0 Å². The lowest BCUT2D eigenvalue weighted by Gasteiger charge is -2.22. The zero-order valence-electron chi connectivity index (χ0n) is 14.5. The maximum atomic E-state index is 12.7. The Morgan fingerprint density at radius 3 is 2.65 bits per heavy atom. The fraction of sp³-hybridized carbons (Fsp3) is 0.444. The van der Waals surface area contributed by atoms with Crippen molar-refractivity contribution in [1.82, 2.24) is 14.5 Å². The summed E-state index contributed by atoms with van der Waals surface area (Å²) >= 11 is 0. The molecule has 2 amide bonds. The van der Waals surface area contributed by atoms with Crippen LogP contribution in [0.1, 0.15) is 25.3 Å². The van der Waals surface area contributed by atoms with E-state index in [1.165, 1.54) is 9.13 Å². The second-order valence-corrected chi connectivity index (χ2v) is 6.98. The van der Waals surface area contributed by atoms with Crippen LogP contribution in [0.15, 0.2) is 23.0 Å². The second-order valence-electron chi connectivity index (χ2n) is 6.98. The number of hydrogen-bond donors (Lipinski definition) is 1. The van der Waals surface area contributed by atoms with Gasteiger partial charge in [0, 0.05) is 38.2 Å². The molecule has 8 nitrogen and oxygen atoms in total. The van der Waals surface area contributed by atoms with Crippen molar-refractivity contribution >= 4 is 34.8 Å². The standard InChI is InChI=1S/C18H20N4O4/c1-20-15-8-12(21-7-6-11(9-21)10-23)2-3-13(15)22(18(20)26)14-4-5-16(24)19-17(14)25/h2-3,8,10-11,14H,4-7,9H2,1H3,(H,19,24,25)/t11-,14?/m1/s1. The number of benzene rings is 1. The normalized spacial score (nSPS) is 23.5. The first-order chi connectivity index (χ1) is 12.5. The van der Waals surface area contributed by atoms with Gasteiger partial charge in [0.05, 0.1) is 11.0 Å². The third-order valence-corrected chi connectivity index (χ3v) is 5.38. The molecule has 1 N–H and O–H groups in total. The van der Waals surface area contributed by atoms with Crippen LogP contribution in [0.5, 0.6) is 0 Å². The summed E-state index contributed by atoms with van der Waals surface area (Å²) in [6.07, 6.45) is 2.36. The van der Waals surface area contributed by atoms with Crippen LogP contribution >= 0.6 is 0 Å². The third-order valence-electron chi connectivity index (χ3n) is 5.38. The van der Waals surface area contributed by atoms with Gasteiger partial charge < -0.3 is 9.69 Å². The van der Waals surface area contributed by atoms with Crippen LogP contribution < -0.4 is 15.9 Å². The number of imidazole rings is 1. The van der Waals surface area contributed by atoms with E-state index in [-0.39, 0.29) is 23.9 Å². The number of aldehydes is 1. The molecular formula is C18H20N4O4. The van der Waals surface area contributed by atoms with Gasteiger partial charge in [-0.15, -0.1) is 0 Å². The molecule has 2 fully saturated rings. The van der Waals surface area contributed by atoms with Crippen LogP contribution in [0, 0.1) is 5.92 Å². The molecule has 0 radical (unpaired) electrons. The molecule has 0 spiro atoms. The number of rotatable bonds is 3. The van der Waals surface area contributed by atoms with Gasteiger partial charge in [0.2, 0.25) is 11.8 Å². The van der Waals surface area contributed by atoms with Gasteiger partial charge in [-0.2, -0.15) is 0 Å². The van der Waals surface area contributed by atoms with E-state index < -0.39 is 11.9 Å². The Bertz CT molecular complexity index is 973. The number of carbonyl (C=O) groups is 3. The number of anilines is 1. The van der Waals surface area contributed by atoms with Crippen LogP contribution in [0.2, 0.25) is 0 Å². The van der Waals surface area contributed by atoms with Gasteiger partial charge in [0.15, 0.2) is 0 Å². The lowest BCUT2D eigenvalue weighted by molar-refractivity contribution is -0.135. The Labute approximate surface area is 149 Å². The van der Waals surface area contributed by atoms with Gasteiger partial charge >= 0.3 is 5.69 Å². The summed E-state index contributed by atoms with van der Waals surface area (Å²) in [7, 11) is 1.68. The van der Waals surface area contributed by atoms with Crippen molar-refractivity contribution in [2.75, 3.05) is 18.0 Å². The summed E-state index contributed by atoms with van der Waals surface area (Å²) in [4.78, 5) is 49.5. The molecule has 136 valence electrons. The quantitative estimate of drug-likeness (QED) is 0.632. The third kappa shape index (κ3) is 2.53. The van der Waals surface area contributed by atoms with Gasteiger partial charge in [-0.05, 0) is 31.0 Å². The van der Waals surface area contributed by atoms with Gasteiger partial charge in [-0.1, -0.05) is 0 Å². The lowest BCUT2D eigenvalue weighted by Crippen LogP contribution is -2.44. The molecule has 1 aromatic carbocycles. The molecule has 2 saturated heterocycles. The molecule has 0 bridgehead atoms. The van der Waals surface area contributed by atoms with E-state index in [1.54, 1.807) is 7.05 Å². The SMILES string of the molecule is Cn1c(=O)n(C2CCC(=O)NC2=O)c2ccc(N3CC[C@@H](C=O)C3)cc21. The molecule has 2 aliphatic heterocycles. The first kappa shape index (κ1) is 16.6. The van der Waals surface area contributed by atoms with E-state index in [0.717, 1.165) is 30.5 Å². The molecule has 1 aromatic heterocycles. The Balaban J connectivity index is 1.76. The minimum absolute atomic E-state index is 0.0441. The molecule has 2 aromatic rings. The summed E-state index contributed by atoms with van der Waals surface area (Å²) in [5.74, 6) is -0.698. The number of piperidine rings is 1. The van der Waals surface area contributed by atoms with Crippen molar-refractivity contribution in [3.8, 4) is 0 Å². The lowest BCUT2D eigenvalue weighted by atomic mass is 10.1. The van der Waals surface area contributed by atoms with E-state index in [9.17, 15) is 19.2 Å². The summed E-state index contributed by atoms with van der Waals surface area (Å²) in [5.41, 5.74) is 2.07. The van der Waals surface area contributed by atoms with E-state index in [2.05, 4.69) is 10.2 Å². The predicted octanol–water partition coefficient (Wildman–Crippen LogP) is 0.343. The molecule has 8 heteroatoms. The van der Waals surface area contributed by atoms with Gasteiger partial charge in [-0.25, -0.2) is 4.79 Å². The van der Waals surface area contributed by atoms with Gasteiger partial charge in [0.25, 0.3) is 0 Å². The smallest absolute Gasteiger partial charge is 0.329 e. The molecule has 2 atom stereocenters. The van der Waals surface area contributed by atoms with Crippen molar-refractivity contribution in [3.63, 3.8) is 0 Å². The summed E-state index contributed by atoms with van der Waals surface area (Å²) in [5, 5.41) is 2.31. The maximum Gasteiger partial charge on any atom is 0.329 e. The number of fused-ring (bicyclic) bond motifs is 1. The molecular weight excluding hydrogens is 336 g/mol. The zero-order chi connectivity index (χ0) is 18.4. The number of aryl methyl sites for hydroxylation is 1. The number of carbonyl (C=O) groups excluding carboxylic acids is 3. The highest BCUT2D eigenvalue weighted by Crippen LogP contribution is 2.28. The van der Waals surface area contributed by atoms with Crippen molar-refractivity contribution < 1.29 is 14.4 Å². The average molecular weight is 356 g/mol. The van der Waals surface area contributed by atoms with Crippen LogP contribution in [0.3, 0.4) is 0 Å². The molecule has 3 heterocycles. The number of nitrogens with zero attached hydrogens (tertiary/aromatic N) is 3. The highest BCUT2D eigenvalue weighted by atomic mass is 16.2. The van der Waals surface area contributed by atoms with Crippen molar-refractivity contribution in [1.29, 1.82) is 0 Å². The van der Waals surface area contributed by atoms with Crippen LogP contribution in [0.4, 0.5) is 5.69 Å². The number of nitrogens with one attached hydrogen (secondary N) is 1. The fourth-order valence-electron chi connectivity index (χ4n) is 3.91. The number of amides is 2. The second kappa shape index (κ2) is 6.12. The van der Waals surface area contributed by atoms with Crippen molar-refractivity contribution in [3.05, 3.63) is 28.7 Å². The summed E-state index contributed by atoms with van der Waals surface area (Å²) in [6.45, 7) is 1.48. The number of hydrogen-bond acceptors (Lipinski definition) is 5. The minimum atomic E-state index is -0.680. The maximum absolute atomic E-state index is 12.7. The van der Waals surface area contributed by atoms with Gasteiger partial charge in [0.1, 0.15) is 12.3 Å². The molecule has 4 rings (SSSR count). The Morgan fingerprint density at radius 2 is 1.96 bits per heavy atom. The van der Waals surface area contributed by atoms with Crippen LogP contribution in [0.25, 0.3) is 11.0 Å². The topological polar surface area (TPSA) is 93.4 Å². The minimum Gasteiger partial charge on any atom is -0.371 e. The van der Waals surface area contributed by atoms with Crippen LogP contribution in [-0.2, 0) is 21.4 Å². The highest BCUT2D eigenvalue weighted by Gasteiger charge is 2.31. The highest BCUT2D eigenvalue weighted by molar-refractivity contribution is 6.00. The molecule has 26 heavy (non-hydrogen) atoms. The number of imide groups is 1.